The van der Waals surface area contributed by atoms with Gasteiger partial charge in [-0.15, -0.1) is 12.4 Å². The van der Waals surface area contributed by atoms with Crippen molar-refractivity contribution in [1.82, 2.24) is 5.32 Å². The van der Waals surface area contributed by atoms with Crippen LogP contribution in [-0.2, 0) is 0 Å². The lowest BCUT2D eigenvalue weighted by molar-refractivity contribution is 0.174. The smallest absolute Gasteiger partial charge is 0.231 e. The Kier molecular flexibility index (Phi) is 7.91. The number of halogens is 1. The van der Waals surface area contributed by atoms with E-state index in [1.165, 1.54) is 24.8 Å². The van der Waals surface area contributed by atoms with Crippen LogP contribution < -0.4 is 14.8 Å². The first-order valence-corrected chi connectivity index (χ1v) is 7.81. The fourth-order valence-corrected chi connectivity index (χ4v) is 2.63. The minimum absolute atomic E-state index is 0. The van der Waals surface area contributed by atoms with Gasteiger partial charge in [0.1, 0.15) is 0 Å². The van der Waals surface area contributed by atoms with Crippen molar-refractivity contribution in [1.29, 1.82) is 0 Å². The van der Waals surface area contributed by atoms with Gasteiger partial charge in [0.25, 0.3) is 0 Å². The fourth-order valence-electron chi connectivity index (χ4n) is 2.63. The zero-order valence-corrected chi connectivity index (χ0v) is 14.2. The van der Waals surface area contributed by atoms with Gasteiger partial charge in [0.15, 0.2) is 11.5 Å². The Morgan fingerprint density at radius 1 is 1.10 bits per heavy atom. The van der Waals surface area contributed by atoms with Crippen molar-refractivity contribution >= 4 is 12.4 Å². The topological polar surface area (TPSA) is 30.5 Å². The molecule has 1 aliphatic rings. The van der Waals surface area contributed by atoms with Gasteiger partial charge in [0.2, 0.25) is 6.79 Å². The second-order valence-electron chi connectivity index (χ2n) is 5.92. The Hall–Kier alpha value is -0.930. The Morgan fingerprint density at radius 3 is 2.57 bits per heavy atom. The SMILES string of the molecule is CCNCCC(CCC(C)C)c1ccc2c(c1)OCO2.Cl. The van der Waals surface area contributed by atoms with Crippen LogP contribution in [0.1, 0.15) is 51.5 Å². The summed E-state index contributed by atoms with van der Waals surface area (Å²) in [5.41, 5.74) is 1.38. The summed E-state index contributed by atoms with van der Waals surface area (Å²) in [5, 5.41) is 3.43. The molecule has 0 fully saturated rings. The van der Waals surface area contributed by atoms with Gasteiger partial charge >= 0.3 is 0 Å². The largest absolute Gasteiger partial charge is 0.454 e. The molecule has 4 heteroatoms. The van der Waals surface area contributed by atoms with Gasteiger partial charge in [-0.25, -0.2) is 0 Å². The highest BCUT2D eigenvalue weighted by atomic mass is 35.5. The maximum Gasteiger partial charge on any atom is 0.231 e. The first-order chi connectivity index (χ1) is 9.70. The van der Waals surface area contributed by atoms with Crippen molar-refractivity contribution in [2.75, 3.05) is 19.9 Å². The molecular weight excluding hydrogens is 286 g/mol. The third kappa shape index (κ3) is 5.40. The summed E-state index contributed by atoms with van der Waals surface area (Å²) in [6, 6.07) is 6.41. The lowest BCUT2D eigenvalue weighted by atomic mass is 9.88. The molecule has 1 aliphatic heterocycles. The van der Waals surface area contributed by atoms with Gasteiger partial charge in [-0.3, -0.25) is 0 Å². The zero-order chi connectivity index (χ0) is 14.4. The average Bonchev–Trinajstić information content (AvgIpc) is 2.89. The lowest BCUT2D eigenvalue weighted by Gasteiger charge is -2.19. The monoisotopic (exact) mass is 313 g/mol. The fraction of sp³-hybridized carbons (Fsp3) is 0.647. The molecule has 0 saturated heterocycles. The molecule has 1 heterocycles. The number of nitrogens with one attached hydrogen (secondary N) is 1. The van der Waals surface area contributed by atoms with E-state index in [-0.39, 0.29) is 12.4 Å². The zero-order valence-electron chi connectivity index (χ0n) is 13.4. The molecule has 2 rings (SSSR count). The molecule has 0 spiro atoms. The van der Waals surface area contributed by atoms with E-state index in [1.54, 1.807) is 0 Å². The maximum absolute atomic E-state index is 5.50. The maximum atomic E-state index is 5.50. The van der Waals surface area contributed by atoms with E-state index < -0.39 is 0 Å². The molecule has 1 aromatic carbocycles. The molecule has 0 radical (unpaired) electrons. The third-order valence-corrected chi connectivity index (χ3v) is 3.88. The normalized spacial score (nSPS) is 14.1. The highest BCUT2D eigenvalue weighted by molar-refractivity contribution is 5.85. The predicted octanol–water partition coefficient (Wildman–Crippen LogP) is 4.36. The molecule has 3 nitrogen and oxygen atoms in total. The molecule has 1 atom stereocenters. The predicted molar refractivity (Wildman–Crippen MR) is 89.8 cm³/mol. The van der Waals surface area contributed by atoms with E-state index in [0.29, 0.717) is 12.7 Å². The molecule has 0 amide bonds. The van der Waals surface area contributed by atoms with Crippen molar-refractivity contribution < 1.29 is 9.47 Å². The van der Waals surface area contributed by atoms with Gasteiger partial charge in [0.05, 0.1) is 0 Å². The molecule has 0 aromatic heterocycles. The highest BCUT2D eigenvalue weighted by Gasteiger charge is 2.18. The van der Waals surface area contributed by atoms with Crippen molar-refractivity contribution in [3.63, 3.8) is 0 Å². The van der Waals surface area contributed by atoms with Gasteiger partial charge in [-0.1, -0.05) is 33.3 Å². The first-order valence-electron chi connectivity index (χ1n) is 7.81. The van der Waals surface area contributed by atoms with Crippen LogP contribution in [0.25, 0.3) is 0 Å². The number of fused-ring (bicyclic) bond motifs is 1. The molecule has 0 saturated carbocycles. The van der Waals surface area contributed by atoms with Crippen LogP contribution >= 0.6 is 12.4 Å². The van der Waals surface area contributed by atoms with Crippen LogP contribution in [0.3, 0.4) is 0 Å². The van der Waals surface area contributed by atoms with Crippen LogP contribution in [0, 0.1) is 5.92 Å². The number of benzene rings is 1. The molecule has 0 aliphatic carbocycles. The van der Waals surface area contributed by atoms with Crippen molar-refractivity contribution in [2.45, 2.75) is 46.0 Å². The number of hydrogen-bond acceptors (Lipinski definition) is 3. The van der Waals surface area contributed by atoms with E-state index in [9.17, 15) is 0 Å². The Balaban J connectivity index is 0.00000220. The van der Waals surface area contributed by atoms with E-state index in [4.69, 9.17) is 9.47 Å². The van der Waals surface area contributed by atoms with E-state index in [0.717, 1.165) is 30.5 Å². The highest BCUT2D eigenvalue weighted by Crippen LogP contribution is 2.36. The van der Waals surface area contributed by atoms with Gasteiger partial charge < -0.3 is 14.8 Å². The average molecular weight is 314 g/mol. The van der Waals surface area contributed by atoms with Gasteiger partial charge in [-0.05, 0) is 55.5 Å². The number of rotatable bonds is 8. The summed E-state index contributed by atoms with van der Waals surface area (Å²) in [5.74, 6) is 3.14. The summed E-state index contributed by atoms with van der Waals surface area (Å²) >= 11 is 0. The first kappa shape index (κ1) is 18.1. The Labute approximate surface area is 134 Å². The molecular formula is C17H28ClNO2. The summed E-state index contributed by atoms with van der Waals surface area (Å²) in [7, 11) is 0. The van der Waals surface area contributed by atoms with Gasteiger partial charge in [0, 0.05) is 0 Å². The Bertz CT molecular complexity index is 423. The molecule has 21 heavy (non-hydrogen) atoms. The summed E-state index contributed by atoms with van der Waals surface area (Å²) in [6.07, 6.45) is 3.69. The molecule has 1 N–H and O–H groups in total. The second-order valence-corrected chi connectivity index (χ2v) is 5.92. The van der Waals surface area contributed by atoms with Crippen LogP contribution in [-0.4, -0.2) is 19.9 Å². The number of hydrogen-bond donors (Lipinski definition) is 1. The lowest BCUT2D eigenvalue weighted by Crippen LogP contribution is -2.17. The summed E-state index contributed by atoms with van der Waals surface area (Å²) < 4.78 is 10.9. The second kappa shape index (κ2) is 9.16. The van der Waals surface area contributed by atoms with E-state index in [2.05, 4.69) is 38.2 Å². The summed E-state index contributed by atoms with van der Waals surface area (Å²) in [4.78, 5) is 0. The number of ether oxygens (including phenoxy) is 2. The van der Waals surface area contributed by atoms with E-state index >= 15 is 0 Å². The molecule has 0 bridgehead atoms. The minimum Gasteiger partial charge on any atom is -0.454 e. The van der Waals surface area contributed by atoms with Crippen molar-refractivity contribution in [2.24, 2.45) is 5.92 Å². The van der Waals surface area contributed by atoms with Crippen molar-refractivity contribution in [3.05, 3.63) is 23.8 Å². The van der Waals surface area contributed by atoms with Crippen molar-refractivity contribution in [3.8, 4) is 11.5 Å². The standard InChI is InChI=1S/C17H27NO2.ClH/c1-4-18-10-9-14(6-5-13(2)3)15-7-8-16-17(11-15)20-12-19-16;/h7-8,11,13-14,18H,4-6,9-10,12H2,1-3H3;1H. The van der Waals surface area contributed by atoms with Crippen LogP contribution in [0.2, 0.25) is 0 Å². The van der Waals surface area contributed by atoms with Crippen LogP contribution in [0.15, 0.2) is 18.2 Å². The van der Waals surface area contributed by atoms with E-state index in [1.807, 2.05) is 6.07 Å². The molecule has 1 aromatic rings. The molecule has 1 unspecified atom stereocenters. The van der Waals surface area contributed by atoms with Gasteiger partial charge in [-0.2, -0.15) is 0 Å². The Morgan fingerprint density at radius 2 is 1.86 bits per heavy atom. The third-order valence-electron chi connectivity index (χ3n) is 3.88. The van der Waals surface area contributed by atoms with Crippen LogP contribution in [0.4, 0.5) is 0 Å². The molecule has 120 valence electrons. The summed E-state index contributed by atoms with van der Waals surface area (Å²) in [6.45, 7) is 9.21. The van der Waals surface area contributed by atoms with Crippen LogP contribution in [0.5, 0.6) is 11.5 Å². The minimum atomic E-state index is 0. The quantitative estimate of drug-likeness (QED) is 0.723.